The summed E-state index contributed by atoms with van der Waals surface area (Å²) in [6, 6.07) is 3.89. The third-order valence-electron chi connectivity index (χ3n) is 4.64. The van der Waals surface area contributed by atoms with Crippen LogP contribution in [0.2, 0.25) is 0 Å². The van der Waals surface area contributed by atoms with Crippen LogP contribution in [0.15, 0.2) is 18.3 Å². The van der Waals surface area contributed by atoms with Crippen LogP contribution >= 0.6 is 0 Å². The van der Waals surface area contributed by atoms with Gasteiger partial charge >= 0.3 is 0 Å². The van der Waals surface area contributed by atoms with E-state index in [-0.39, 0.29) is 6.04 Å². The maximum absolute atomic E-state index is 13.0. The summed E-state index contributed by atoms with van der Waals surface area (Å²) in [5.74, 6) is 0.880. The molecular weight excluding hydrogens is 286 g/mol. The summed E-state index contributed by atoms with van der Waals surface area (Å²) in [5.41, 5.74) is 1.01. The first kappa shape index (κ1) is 15.1. The van der Waals surface area contributed by atoms with Crippen LogP contribution in [0, 0.1) is 11.8 Å². The molecule has 3 atom stereocenters. The second-order valence-electron chi connectivity index (χ2n) is 6.67. The molecule has 0 spiro atoms. The molecule has 0 radical (unpaired) electrons. The zero-order valence-corrected chi connectivity index (χ0v) is 13.6. The lowest BCUT2D eigenvalue weighted by Crippen LogP contribution is -2.49. The molecule has 1 aromatic rings. The molecule has 5 nitrogen and oxygen atoms in total. The minimum atomic E-state index is -3.36. The average Bonchev–Trinajstić information content (AvgIpc) is 3.08. The highest BCUT2D eigenvalue weighted by molar-refractivity contribution is 7.86. The van der Waals surface area contributed by atoms with Crippen LogP contribution in [0.3, 0.4) is 0 Å². The Morgan fingerprint density at radius 2 is 1.95 bits per heavy atom. The van der Waals surface area contributed by atoms with Crippen LogP contribution in [-0.4, -0.2) is 41.6 Å². The molecule has 0 unspecified atom stereocenters. The molecule has 1 aromatic heterocycles. The summed E-state index contributed by atoms with van der Waals surface area (Å²) in [6.07, 6.45) is 4.82. The van der Waals surface area contributed by atoms with Crippen molar-refractivity contribution in [1.29, 1.82) is 0 Å². The Labute approximate surface area is 127 Å². The molecule has 21 heavy (non-hydrogen) atoms. The zero-order chi connectivity index (χ0) is 15.0. The number of H-pyrrole nitrogens is 1. The van der Waals surface area contributed by atoms with Crippen molar-refractivity contribution in [2.24, 2.45) is 11.8 Å². The van der Waals surface area contributed by atoms with E-state index in [0.717, 1.165) is 25.0 Å². The maximum atomic E-state index is 13.0. The van der Waals surface area contributed by atoms with Crippen molar-refractivity contribution in [3.05, 3.63) is 24.0 Å². The van der Waals surface area contributed by atoms with E-state index in [0.29, 0.717) is 31.5 Å². The molecule has 0 aliphatic carbocycles. The van der Waals surface area contributed by atoms with Gasteiger partial charge in [0.15, 0.2) is 0 Å². The molecule has 1 N–H and O–H groups in total. The predicted molar refractivity (Wildman–Crippen MR) is 82.9 cm³/mol. The molecule has 2 aliphatic rings. The third kappa shape index (κ3) is 2.89. The Morgan fingerprint density at radius 3 is 2.57 bits per heavy atom. The van der Waals surface area contributed by atoms with E-state index in [9.17, 15) is 8.42 Å². The molecule has 3 heterocycles. The lowest BCUT2D eigenvalue weighted by Gasteiger charge is -2.37. The molecule has 2 fully saturated rings. The van der Waals surface area contributed by atoms with Gasteiger partial charge in [-0.2, -0.15) is 17.0 Å². The standard InChI is InChI=1S/C15H25N3O2S/c1-12-9-13(2)11-17(10-12)21(19,20)18-8-4-6-15(18)14-5-3-7-16-14/h3,5,7,12-13,15-16H,4,6,8-11H2,1-2H3/t12-,13-,15-/m1/s1. The number of nitrogens with zero attached hydrogens (tertiary/aromatic N) is 2. The number of hydrogen-bond acceptors (Lipinski definition) is 2. The molecule has 0 amide bonds. The number of hydrogen-bond donors (Lipinski definition) is 1. The van der Waals surface area contributed by atoms with Crippen LogP contribution < -0.4 is 0 Å². The number of aromatic nitrogens is 1. The zero-order valence-electron chi connectivity index (χ0n) is 12.8. The van der Waals surface area contributed by atoms with E-state index in [1.807, 2.05) is 18.3 Å². The average molecular weight is 311 g/mol. The van der Waals surface area contributed by atoms with Gasteiger partial charge in [-0.05, 0) is 43.2 Å². The second kappa shape index (κ2) is 5.74. The van der Waals surface area contributed by atoms with Gasteiger partial charge in [-0.25, -0.2) is 0 Å². The first-order chi connectivity index (χ1) is 9.98. The molecule has 0 bridgehead atoms. The van der Waals surface area contributed by atoms with E-state index >= 15 is 0 Å². The van der Waals surface area contributed by atoms with Crippen LogP contribution in [0.25, 0.3) is 0 Å². The first-order valence-electron chi connectivity index (χ1n) is 7.88. The SMILES string of the molecule is C[C@@H]1C[C@@H](C)CN(S(=O)(=O)N2CCC[C@@H]2c2ccc[nH]2)C1. The smallest absolute Gasteiger partial charge is 0.282 e. The van der Waals surface area contributed by atoms with Crippen molar-refractivity contribution in [1.82, 2.24) is 13.6 Å². The quantitative estimate of drug-likeness (QED) is 0.932. The minimum Gasteiger partial charge on any atom is -0.364 e. The Hall–Kier alpha value is -0.850. The largest absolute Gasteiger partial charge is 0.364 e. The van der Waals surface area contributed by atoms with Gasteiger partial charge in [0.25, 0.3) is 10.2 Å². The van der Waals surface area contributed by atoms with Crippen LogP contribution in [0.5, 0.6) is 0 Å². The van der Waals surface area contributed by atoms with Gasteiger partial charge in [0.1, 0.15) is 0 Å². The molecule has 3 rings (SSSR count). The Kier molecular flexibility index (Phi) is 4.12. The molecule has 0 saturated carbocycles. The Bertz CT molecular complexity index is 560. The van der Waals surface area contributed by atoms with Gasteiger partial charge in [0, 0.05) is 31.5 Å². The van der Waals surface area contributed by atoms with Gasteiger partial charge in [-0.3, -0.25) is 0 Å². The third-order valence-corrected chi connectivity index (χ3v) is 6.62. The highest BCUT2D eigenvalue weighted by Crippen LogP contribution is 2.36. The van der Waals surface area contributed by atoms with E-state index in [1.165, 1.54) is 0 Å². The normalized spacial score (nSPS) is 32.6. The maximum Gasteiger partial charge on any atom is 0.282 e. The van der Waals surface area contributed by atoms with E-state index in [1.54, 1.807) is 8.61 Å². The van der Waals surface area contributed by atoms with E-state index in [4.69, 9.17) is 0 Å². The van der Waals surface area contributed by atoms with Gasteiger partial charge in [-0.1, -0.05) is 13.8 Å². The van der Waals surface area contributed by atoms with Crippen LogP contribution in [0.1, 0.15) is 44.8 Å². The van der Waals surface area contributed by atoms with Crippen molar-refractivity contribution in [3.8, 4) is 0 Å². The van der Waals surface area contributed by atoms with Gasteiger partial charge in [-0.15, -0.1) is 0 Å². The van der Waals surface area contributed by atoms with Crippen molar-refractivity contribution in [2.45, 2.75) is 39.2 Å². The highest BCUT2D eigenvalue weighted by atomic mass is 32.2. The van der Waals surface area contributed by atoms with Crippen LogP contribution in [0.4, 0.5) is 0 Å². The lowest BCUT2D eigenvalue weighted by molar-refractivity contribution is 0.206. The monoisotopic (exact) mass is 311 g/mol. The summed E-state index contributed by atoms with van der Waals surface area (Å²) in [4.78, 5) is 3.18. The molecule has 6 heteroatoms. The molecule has 118 valence electrons. The number of aromatic amines is 1. The highest BCUT2D eigenvalue weighted by Gasteiger charge is 2.41. The van der Waals surface area contributed by atoms with Crippen molar-refractivity contribution in [3.63, 3.8) is 0 Å². The molecule has 0 aromatic carbocycles. The Morgan fingerprint density at radius 1 is 1.24 bits per heavy atom. The van der Waals surface area contributed by atoms with E-state index < -0.39 is 10.2 Å². The summed E-state index contributed by atoms with van der Waals surface area (Å²) < 4.78 is 29.4. The summed E-state index contributed by atoms with van der Waals surface area (Å²) in [6.45, 7) is 6.22. The number of piperidine rings is 1. The van der Waals surface area contributed by atoms with Crippen molar-refractivity contribution < 1.29 is 8.42 Å². The van der Waals surface area contributed by atoms with E-state index in [2.05, 4.69) is 18.8 Å². The second-order valence-corrected chi connectivity index (χ2v) is 8.55. The fourth-order valence-electron chi connectivity index (χ4n) is 3.82. The van der Waals surface area contributed by atoms with Crippen molar-refractivity contribution >= 4 is 10.2 Å². The first-order valence-corrected chi connectivity index (χ1v) is 9.28. The summed E-state index contributed by atoms with van der Waals surface area (Å²) >= 11 is 0. The topological polar surface area (TPSA) is 56.4 Å². The van der Waals surface area contributed by atoms with Crippen LogP contribution in [-0.2, 0) is 10.2 Å². The molecule has 2 saturated heterocycles. The number of nitrogens with one attached hydrogen (secondary N) is 1. The lowest BCUT2D eigenvalue weighted by atomic mass is 9.94. The van der Waals surface area contributed by atoms with Gasteiger partial charge in [0.05, 0.1) is 6.04 Å². The Balaban J connectivity index is 1.83. The number of rotatable bonds is 3. The fraction of sp³-hybridized carbons (Fsp3) is 0.733. The fourth-order valence-corrected chi connectivity index (χ4v) is 5.90. The molecular formula is C15H25N3O2S. The summed E-state index contributed by atoms with van der Waals surface area (Å²) in [5, 5.41) is 0. The minimum absolute atomic E-state index is 0.0301. The summed E-state index contributed by atoms with van der Waals surface area (Å²) in [7, 11) is -3.36. The van der Waals surface area contributed by atoms with Gasteiger partial charge in [0.2, 0.25) is 0 Å². The van der Waals surface area contributed by atoms with Crippen molar-refractivity contribution in [2.75, 3.05) is 19.6 Å². The predicted octanol–water partition coefficient (Wildman–Crippen LogP) is 2.37. The molecule has 2 aliphatic heterocycles. The van der Waals surface area contributed by atoms with Gasteiger partial charge < -0.3 is 4.98 Å².